The first-order chi connectivity index (χ1) is 13.6. The summed E-state index contributed by atoms with van der Waals surface area (Å²) in [6, 6.07) is 19.4. The standard InChI is InChI=1S/C23H25N3O2/c1-16-13-26(14-17(2)28-16)15-18-7-9-20(10-8-18)23(27)25-22-12-11-19-5-3-4-6-21(19)24-22/h3-12,16-17H,13-15H2,1-2H3,(H,24,25,27)/t16-,17-/m1/s1. The van der Waals surface area contributed by atoms with Crippen molar-refractivity contribution in [3.8, 4) is 0 Å². The topological polar surface area (TPSA) is 54.5 Å². The molecule has 4 rings (SSSR count). The molecule has 5 nitrogen and oxygen atoms in total. The first-order valence-corrected chi connectivity index (χ1v) is 9.71. The van der Waals surface area contributed by atoms with Crippen molar-refractivity contribution >= 4 is 22.6 Å². The second kappa shape index (κ2) is 8.09. The monoisotopic (exact) mass is 375 g/mol. The van der Waals surface area contributed by atoms with Crippen molar-refractivity contribution in [1.82, 2.24) is 9.88 Å². The van der Waals surface area contributed by atoms with Gasteiger partial charge in [0.15, 0.2) is 0 Å². The molecule has 28 heavy (non-hydrogen) atoms. The van der Waals surface area contributed by atoms with Gasteiger partial charge in [0.2, 0.25) is 0 Å². The molecule has 1 saturated heterocycles. The lowest BCUT2D eigenvalue weighted by Gasteiger charge is -2.35. The summed E-state index contributed by atoms with van der Waals surface area (Å²) >= 11 is 0. The normalized spacial score (nSPS) is 20.2. The van der Waals surface area contributed by atoms with Gasteiger partial charge < -0.3 is 10.1 Å². The number of nitrogens with zero attached hydrogens (tertiary/aromatic N) is 2. The first-order valence-electron chi connectivity index (χ1n) is 9.71. The van der Waals surface area contributed by atoms with Crippen LogP contribution >= 0.6 is 0 Å². The maximum Gasteiger partial charge on any atom is 0.256 e. The zero-order chi connectivity index (χ0) is 19.5. The fourth-order valence-electron chi connectivity index (χ4n) is 3.76. The second-order valence-corrected chi connectivity index (χ2v) is 7.49. The summed E-state index contributed by atoms with van der Waals surface area (Å²) in [7, 11) is 0. The van der Waals surface area contributed by atoms with Crippen molar-refractivity contribution in [2.45, 2.75) is 32.6 Å². The van der Waals surface area contributed by atoms with Crippen LogP contribution in [0.4, 0.5) is 5.82 Å². The molecule has 2 heterocycles. The van der Waals surface area contributed by atoms with Crippen LogP contribution in [0.25, 0.3) is 10.9 Å². The molecule has 3 aromatic rings. The molecule has 0 unspecified atom stereocenters. The van der Waals surface area contributed by atoms with Crippen LogP contribution in [0.15, 0.2) is 60.7 Å². The van der Waals surface area contributed by atoms with E-state index in [1.165, 1.54) is 5.56 Å². The van der Waals surface area contributed by atoms with Gasteiger partial charge in [-0.15, -0.1) is 0 Å². The second-order valence-electron chi connectivity index (χ2n) is 7.49. The summed E-state index contributed by atoms with van der Waals surface area (Å²) < 4.78 is 5.79. The smallest absolute Gasteiger partial charge is 0.256 e. The lowest BCUT2D eigenvalue weighted by atomic mass is 10.1. The van der Waals surface area contributed by atoms with Crippen LogP contribution < -0.4 is 5.32 Å². The molecular weight excluding hydrogens is 350 g/mol. The van der Waals surface area contributed by atoms with Crippen LogP contribution in [-0.4, -0.2) is 41.1 Å². The Hall–Kier alpha value is -2.76. The predicted octanol–water partition coefficient (Wildman–Crippen LogP) is 4.10. The molecule has 1 aliphatic heterocycles. The van der Waals surface area contributed by atoms with Crippen molar-refractivity contribution < 1.29 is 9.53 Å². The summed E-state index contributed by atoms with van der Waals surface area (Å²) in [5.41, 5.74) is 2.69. The molecule has 0 bridgehead atoms. The molecule has 2 atom stereocenters. The van der Waals surface area contributed by atoms with Crippen molar-refractivity contribution in [1.29, 1.82) is 0 Å². The Morgan fingerprint density at radius 3 is 2.50 bits per heavy atom. The molecule has 0 aliphatic carbocycles. The minimum Gasteiger partial charge on any atom is -0.373 e. The highest BCUT2D eigenvalue weighted by atomic mass is 16.5. The predicted molar refractivity (Wildman–Crippen MR) is 111 cm³/mol. The van der Waals surface area contributed by atoms with Gasteiger partial charge in [-0.25, -0.2) is 4.98 Å². The third-order valence-electron chi connectivity index (χ3n) is 4.96. The van der Waals surface area contributed by atoms with Gasteiger partial charge in [0.1, 0.15) is 5.82 Å². The highest BCUT2D eigenvalue weighted by Crippen LogP contribution is 2.17. The zero-order valence-electron chi connectivity index (χ0n) is 16.3. The number of benzene rings is 2. The number of carbonyl (C=O) groups is 1. The number of nitrogens with one attached hydrogen (secondary N) is 1. The first kappa shape index (κ1) is 18.6. The fraction of sp³-hybridized carbons (Fsp3) is 0.304. The van der Waals surface area contributed by atoms with Gasteiger partial charge in [-0.3, -0.25) is 9.69 Å². The number of aromatic nitrogens is 1. The van der Waals surface area contributed by atoms with Gasteiger partial charge in [0, 0.05) is 30.6 Å². The summed E-state index contributed by atoms with van der Waals surface area (Å²) in [5, 5.41) is 3.94. The van der Waals surface area contributed by atoms with E-state index in [1.807, 2.05) is 60.7 Å². The van der Waals surface area contributed by atoms with Crippen LogP contribution in [0.1, 0.15) is 29.8 Å². The largest absolute Gasteiger partial charge is 0.373 e. The molecule has 0 spiro atoms. The molecule has 2 aromatic carbocycles. The van der Waals surface area contributed by atoms with E-state index in [-0.39, 0.29) is 18.1 Å². The maximum absolute atomic E-state index is 12.6. The van der Waals surface area contributed by atoms with Crippen molar-refractivity contribution in [3.63, 3.8) is 0 Å². The van der Waals surface area contributed by atoms with E-state index in [4.69, 9.17) is 4.74 Å². The highest BCUT2D eigenvalue weighted by Gasteiger charge is 2.22. The van der Waals surface area contributed by atoms with Crippen LogP contribution in [0.3, 0.4) is 0 Å². The molecular formula is C23H25N3O2. The molecule has 1 amide bonds. The average molecular weight is 375 g/mol. The van der Waals surface area contributed by atoms with E-state index in [0.29, 0.717) is 11.4 Å². The number of ether oxygens (including phenoxy) is 1. The van der Waals surface area contributed by atoms with E-state index in [9.17, 15) is 4.79 Å². The van der Waals surface area contributed by atoms with Gasteiger partial charge in [0.05, 0.1) is 17.7 Å². The van der Waals surface area contributed by atoms with Crippen molar-refractivity contribution in [3.05, 3.63) is 71.8 Å². The molecule has 1 fully saturated rings. The Bertz CT molecular complexity index is 961. The number of pyridine rings is 1. The van der Waals surface area contributed by atoms with Gasteiger partial charge in [-0.2, -0.15) is 0 Å². The van der Waals surface area contributed by atoms with Crippen LogP contribution in [0.5, 0.6) is 0 Å². The number of hydrogen-bond donors (Lipinski definition) is 1. The number of carbonyl (C=O) groups excluding carboxylic acids is 1. The van der Waals surface area contributed by atoms with E-state index in [0.717, 1.165) is 30.5 Å². The summed E-state index contributed by atoms with van der Waals surface area (Å²) in [6.45, 7) is 6.94. The molecule has 144 valence electrons. The Kier molecular flexibility index (Phi) is 5.37. The Morgan fingerprint density at radius 2 is 1.75 bits per heavy atom. The summed E-state index contributed by atoms with van der Waals surface area (Å²) in [4.78, 5) is 19.5. The SMILES string of the molecule is C[C@@H]1CN(Cc2ccc(C(=O)Nc3ccc4ccccc4n3)cc2)C[C@@H](C)O1. The summed E-state index contributed by atoms with van der Waals surface area (Å²) in [6.07, 6.45) is 0.506. The van der Waals surface area contributed by atoms with Gasteiger partial charge >= 0.3 is 0 Å². The number of amides is 1. The number of fused-ring (bicyclic) bond motifs is 1. The summed E-state index contributed by atoms with van der Waals surface area (Å²) in [5.74, 6) is 0.409. The molecule has 1 aromatic heterocycles. The van der Waals surface area contributed by atoms with Crippen LogP contribution in [0.2, 0.25) is 0 Å². The third-order valence-corrected chi connectivity index (χ3v) is 4.96. The Balaban J connectivity index is 1.40. The van der Waals surface area contributed by atoms with Gasteiger partial charge in [-0.1, -0.05) is 30.3 Å². The van der Waals surface area contributed by atoms with Gasteiger partial charge in [0.25, 0.3) is 5.91 Å². The number of para-hydroxylation sites is 1. The van der Waals surface area contributed by atoms with E-state index in [1.54, 1.807) is 0 Å². The van der Waals surface area contributed by atoms with Crippen LogP contribution in [-0.2, 0) is 11.3 Å². The van der Waals surface area contributed by atoms with E-state index in [2.05, 4.69) is 29.0 Å². The van der Waals surface area contributed by atoms with Crippen molar-refractivity contribution in [2.75, 3.05) is 18.4 Å². The van der Waals surface area contributed by atoms with Gasteiger partial charge in [-0.05, 0) is 49.7 Å². The quantitative estimate of drug-likeness (QED) is 0.746. The minimum atomic E-state index is -0.150. The number of morpholine rings is 1. The van der Waals surface area contributed by atoms with E-state index >= 15 is 0 Å². The molecule has 1 aliphatic rings. The number of hydrogen-bond acceptors (Lipinski definition) is 4. The molecule has 1 N–H and O–H groups in total. The maximum atomic E-state index is 12.6. The number of anilines is 1. The number of rotatable bonds is 4. The molecule has 0 radical (unpaired) electrons. The van der Waals surface area contributed by atoms with Crippen molar-refractivity contribution in [2.24, 2.45) is 0 Å². The Morgan fingerprint density at radius 1 is 1.04 bits per heavy atom. The van der Waals surface area contributed by atoms with E-state index < -0.39 is 0 Å². The lowest BCUT2D eigenvalue weighted by molar-refractivity contribution is -0.0704. The highest BCUT2D eigenvalue weighted by molar-refractivity contribution is 6.04. The zero-order valence-corrected chi connectivity index (χ0v) is 16.3. The molecule has 0 saturated carbocycles. The fourth-order valence-corrected chi connectivity index (χ4v) is 3.76. The average Bonchev–Trinajstić information content (AvgIpc) is 2.67. The van der Waals surface area contributed by atoms with Crippen LogP contribution in [0, 0.1) is 0 Å². The Labute approximate surface area is 165 Å². The molecule has 5 heteroatoms. The third kappa shape index (κ3) is 4.38. The minimum absolute atomic E-state index is 0.150. The lowest BCUT2D eigenvalue weighted by Crippen LogP contribution is -2.44.